The number of hydrogen-bond donors (Lipinski definition) is 1. The van der Waals surface area contributed by atoms with Crippen LogP contribution in [0.25, 0.3) is 11.1 Å². The predicted molar refractivity (Wildman–Crippen MR) is 102 cm³/mol. The number of halogens is 4. The molecule has 1 fully saturated rings. The first-order valence-corrected chi connectivity index (χ1v) is 10.7. The molecule has 3 rings (SSSR count). The van der Waals surface area contributed by atoms with Crippen LogP contribution in [-0.2, 0) is 25.5 Å². The van der Waals surface area contributed by atoms with Crippen molar-refractivity contribution in [1.82, 2.24) is 4.98 Å². The zero-order valence-electron chi connectivity index (χ0n) is 15.6. The number of nitrogens with zero attached hydrogens (tertiary/aromatic N) is 1. The Morgan fingerprint density at radius 1 is 1.20 bits per heavy atom. The summed E-state index contributed by atoms with van der Waals surface area (Å²) in [5, 5.41) is 8.18. The average Bonchev–Trinajstić information content (AvgIpc) is 3.12. The Kier molecular flexibility index (Phi) is 6.13. The Bertz CT molecular complexity index is 1070. The lowest BCUT2D eigenvalue weighted by molar-refractivity contribution is -0.145. The molecule has 6 nitrogen and oxygen atoms in total. The van der Waals surface area contributed by atoms with Gasteiger partial charge in [0.15, 0.2) is 9.84 Å². The lowest BCUT2D eigenvalue weighted by Crippen LogP contribution is -2.24. The predicted octanol–water partition coefficient (Wildman–Crippen LogP) is 4.07. The Labute approximate surface area is 175 Å². The number of carboxylic acid groups (broad SMARTS) is 1. The van der Waals surface area contributed by atoms with Crippen molar-refractivity contribution in [2.45, 2.75) is 35.3 Å². The Balaban J connectivity index is 2.08. The van der Waals surface area contributed by atoms with Gasteiger partial charge >= 0.3 is 12.1 Å². The number of carbonyl (C=O) groups is 1. The molecule has 0 amide bonds. The van der Waals surface area contributed by atoms with Gasteiger partial charge in [0, 0.05) is 25.1 Å². The fraction of sp³-hybridized carbons (Fsp3) is 0.368. The highest BCUT2D eigenvalue weighted by Gasteiger charge is 2.47. The van der Waals surface area contributed by atoms with E-state index in [0.717, 1.165) is 12.1 Å². The summed E-state index contributed by atoms with van der Waals surface area (Å²) < 4.78 is 72.4. The molecule has 1 aromatic carbocycles. The third-order valence-electron chi connectivity index (χ3n) is 5.15. The number of rotatable bonds is 5. The number of aromatic nitrogens is 1. The minimum absolute atomic E-state index is 0.0980. The van der Waals surface area contributed by atoms with E-state index in [0.29, 0.717) is 5.56 Å². The Hall–Kier alpha value is -2.17. The molecule has 1 aliphatic carbocycles. The van der Waals surface area contributed by atoms with Gasteiger partial charge in [0.05, 0.1) is 32.8 Å². The molecule has 30 heavy (non-hydrogen) atoms. The zero-order valence-corrected chi connectivity index (χ0v) is 17.1. The van der Waals surface area contributed by atoms with Crippen molar-refractivity contribution >= 4 is 27.4 Å². The van der Waals surface area contributed by atoms with Crippen LogP contribution in [0.15, 0.2) is 41.6 Å². The molecule has 0 bridgehead atoms. The molecule has 1 aliphatic rings. The first-order valence-electron chi connectivity index (χ1n) is 8.76. The second-order valence-electron chi connectivity index (χ2n) is 6.96. The van der Waals surface area contributed by atoms with Gasteiger partial charge in [0.2, 0.25) is 0 Å². The van der Waals surface area contributed by atoms with Crippen LogP contribution in [0.5, 0.6) is 0 Å². The van der Waals surface area contributed by atoms with Crippen molar-refractivity contribution in [3.05, 3.63) is 47.2 Å². The second-order valence-corrected chi connectivity index (χ2v) is 9.59. The normalized spacial score (nSPS) is 22.2. The lowest BCUT2D eigenvalue weighted by Gasteiger charge is -2.18. The summed E-state index contributed by atoms with van der Waals surface area (Å²) in [7, 11) is -3.23. The highest BCUT2D eigenvalue weighted by molar-refractivity contribution is 7.92. The topological polar surface area (TPSA) is 93.6 Å². The van der Waals surface area contributed by atoms with Crippen molar-refractivity contribution in [3.8, 4) is 11.1 Å². The summed E-state index contributed by atoms with van der Waals surface area (Å²) in [6, 6.07) is 4.28. The van der Waals surface area contributed by atoms with Gasteiger partial charge in [-0.05, 0) is 36.6 Å². The van der Waals surface area contributed by atoms with Crippen molar-refractivity contribution in [1.29, 1.82) is 0 Å². The minimum atomic E-state index is -4.95. The highest BCUT2D eigenvalue weighted by atomic mass is 35.5. The van der Waals surface area contributed by atoms with Crippen LogP contribution in [0.1, 0.15) is 18.4 Å². The molecule has 1 heterocycles. The van der Waals surface area contributed by atoms with Gasteiger partial charge < -0.3 is 9.84 Å². The molecule has 0 radical (unpaired) electrons. The molecule has 162 valence electrons. The quantitative estimate of drug-likeness (QED) is 0.718. The van der Waals surface area contributed by atoms with E-state index in [1.807, 2.05) is 0 Å². The molecule has 0 unspecified atom stereocenters. The van der Waals surface area contributed by atoms with Gasteiger partial charge in [-0.25, -0.2) is 8.42 Å². The molecule has 0 saturated heterocycles. The summed E-state index contributed by atoms with van der Waals surface area (Å²) >= 11 is 5.84. The number of aliphatic carboxylic acids is 1. The number of hydrogen-bond acceptors (Lipinski definition) is 5. The van der Waals surface area contributed by atoms with Crippen molar-refractivity contribution in [2.75, 3.05) is 7.11 Å². The monoisotopic (exact) mass is 463 g/mol. The van der Waals surface area contributed by atoms with Crippen LogP contribution >= 0.6 is 11.6 Å². The maximum Gasteiger partial charge on any atom is 0.417 e. The van der Waals surface area contributed by atoms with Crippen molar-refractivity contribution < 1.29 is 36.2 Å². The minimum Gasteiger partial charge on any atom is -0.481 e. The highest BCUT2D eigenvalue weighted by Crippen LogP contribution is 2.42. The third-order valence-corrected chi connectivity index (χ3v) is 7.59. The summed E-state index contributed by atoms with van der Waals surface area (Å²) in [6.45, 7) is 0. The number of alkyl halides is 3. The number of benzene rings is 1. The summed E-state index contributed by atoms with van der Waals surface area (Å²) in [6.07, 6.45) is -3.74. The smallest absolute Gasteiger partial charge is 0.417 e. The zero-order chi connectivity index (χ0) is 22.3. The fourth-order valence-electron chi connectivity index (χ4n) is 3.66. The largest absolute Gasteiger partial charge is 0.481 e. The van der Waals surface area contributed by atoms with Crippen molar-refractivity contribution in [2.24, 2.45) is 5.92 Å². The van der Waals surface area contributed by atoms with Crippen LogP contribution in [0.3, 0.4) is 0 Å². The summed E-state index contributed by atoms with van der Waals surface area (Å²) in [4.78, 5) is 14.3. The molecule has 2 aromatic rings. The van der Waals surface area contributed by atoms with E-state index in [9.17, 15) is 31.5 Å². The Morgan fingerprint density at radius 2 is 1.90 bits per heavy atom. The molecule has 11 heteroatoms. The maximum atomic E-state index is 13.8. The van der Waals surface area contributed by atoms with E-state index in [-0.39, 0.29) is 23.4 Å². The van der Waals surface area contributed by atoms with Crippen LogP contribution in [0.4, 0.5) is 13.2 Å². The van der Waals surface area contributed by atoms with Gasteiger partial charge in [-0.2, -0.15) is 13.2 Å². The first-order chi connectivity index (χ1) is 13.9. The number of carboxylic acids is 1. The van der Waals surface area contributed by atoms with E-state index in [1.165, 1.54) is 31.6 Å². The third kappa shape index (κ3) is 4.30. The molecule has 3 atom stereocenters. The van der Waals surface area contributed by atoms with E-state index >= 15 is 0 Å². The van der Waals surface area contributed by atoms with E-state index in [2.05, 4.69) is 4.98 Å². The summed E-state index contributed by atoms with van der Waals surface area (Å²) in [5.41, 5.74) is -0.934. The average molecular weight is 464 g/mol. The van der Waals surface area contributed by atoms with Crippen LogP contribution in [-0.4, -0.2) is 42.9 Å². The van der Waals surface area contributed by atoms with Crippen LogP contribution in [0.2, 0.25) is 5.02 Å². The van der Waals surface area contributed by atoms with E-state index in [1.54, 1.807) is 0 Å². The van der Waals surface area contributed by atoms with E-state index < -0.39 is 49.7 Å². The number of ether oxygens (including phenoxy) is 1. The first kappa shape index (κ1) is 22.5. The summed E-state index contributed by atoms with van der Waals surface area (Å²) in [5.74, 6) is -2.36. The molecule has 0 aliphatic heterocycles. The standard InChI is InChI=1S/C19H17ClF3NO5S/c1-29-16-7-13(6-14(16)18(25)26)30(27,28)17-3-2-10(5-15(17)19(21,22)23)11-4-12(20)9-24-8-11/h2-5,8-9,13-14,16H,6-7H2,1H3,(H,25,26)/t13-,14-,16-/m0/s1. The molecular formula is C19H17ClF3NO5S. The molecule has 1 N–H and O–H groups in total. The van der Waals surface area contributed by atoms with Gasteiger partial charge in [-0.1, -0.05) is 17.7 Å². The number of sulfone groups is 1. The SMILES string of the molecule is CO[C@H]1C[C@@H](S(=O)(=O)c2ccc(-c3cncc(Cl)c3)cc2C(F)(F)F)C[C@@H]1C(=O)O. The van der Waals surface area contributed by atoms with Crippen LogP contribution < -0.4 is 0 Å². The number of methoxy groups -OCH3 is 1. The Morgan fingerprint density at radius 3 is 2.43 bits per heavy atom. The van der Waals surface area contributed by atoms with Gasteiger partial charge in [-0.3, -0.25) is 9.78 Å². The molecular weight excluding hydrogens is 447 g/mol. The van der Waals surface area contributed by atoms with Gasteiger partial charge in [-0.15, -0.1) is 0 Å². The lowest BCUT2D eigenvalue weighted by atomic mass is 10.0. The molecule has 1 aromatic heterocycles. The maximum absolute atomic E-state index is 13.8. The molecule has 0 spiro atoms. The molecule has 1 saturated carbocycles. The van der Waals surface area contributed by atoms with Crippen LogP contribution in [0, 0.1) is 5.92 Å². The second kappa shape index (κ2) is 8.16. The number of pyridine rings is 1. The van der Waals surface area contributed by atoms with E-state index in [4.69, 9.17) is 16.3 Å². The van der Waals surface area contributed by atoms with Gasteiger partial charge in [0.25, 0.3) is 0 Å². The fourth-order valence-corrected chi connectivity index (χ4v) is 5.83. The van der Waals surface area contributed by atoms with Crippen molar-refractivity contribution in [3.63, 3.8) is 0 Å². The van der Waals surface area contributed by atoms with Gasteiger partial charge in [0.1, 0.15) is 0 Å².